The monoisotopic (exact) mass is 224 g/mol. The van der Waals surface area contributed by atoms with Gasteiger partial charge in [-0.2, -0.15) is 0 Å². The maximum atomic E-state index is 10.3. The van der Waals surface area contributed by atoms with Crippen LogP contribution in [0, 0.1) is 0 Å². The van der Waals surface area contributed by atoms with E-state index in [4.69, 9.17) is 0 Å². The number of nitrogens with zero attached hydrogens (tertiary/aromatic N) is 2. The van der Waals surface area contributed by atoms with Crippen molar-refractivity contribution in [2.24, 2.45) is 0 Å². The van der Waals surface area contributed by atoms with E-state index in [0.29, 0.717) is 6.42 Å². The van der Waals surface area contributed by atoms with Gasteiger partial charge in [-0.3, -0.25) is 9.88 Å². The van der Waals surface area contributed by atoms with Crippen molar-refractivity contribution in [2.45, 2.75) is 24.4 Å². The molecule has 0 radical (unpaired) electrons. The summed E-state index contributed by atoms with van der Waals surface area (Å²) in [6.07, 6.45) is 3.58. The highest BCUT2D eigenvalue weighted by Crippen LogP contribution is 2.33. The Morgan fingerprint density at radius 2 is 2.19 bits per heavy atom. The van der Waals surface area contributed by atoms with Gasteiger partial charge in [0, 0.05) is 25.2 Å². The predicted octanol–water partition coefficient (Wildman–Crippen LogP) is -0.671. The van der Waals surface area contributed by atoms with Gasteiger partial charge in [-0.15, -0.1) is 0 Å². The van der Waals surface area contributed by atoms with Gasteiger partial charge in [0.1, 0.15) is 5.72 Å². The van der Waals surface area contributed by atoms with Crippen LogP contribution in [-0.2, 0) is 6.42 Å². The predicted molar refractivity (Wildman–Crippen MR) is 57.3 cm³/mol. The molecule has 0 aliphatic carbocycles. The fraction of sp³-hybridized carbons (Fsp3) is 0.545. The van der Waals surface area contributed by atoms with E-state index in [-0.39, 0.29) is 13.0 Å². The average molecular weight is 224 g/mol. The van der Waals surface area contributed by atoms with Crippen molar-refractivity contribution < 1.29 is 15.3 Å². The Balaban J connectivity index is 2.15. The maximum Gasteiger partial charge on any atom is 0.179 e. The van der Waals surface area contributed by atoms with Crippen molar-refractivity contribution in [3.63, 3.8) is 0 Å². The fourth-order valence-electron chi connectivity index (χ4n) is 2.20. The highest BCUT2D eigenvalue weighted by molar-refractivity contribution is 5.13. The van der Waals surface area contributed by atoms with Gasteiger partial charge < -0.3 is 15.3 Å². The molecule has 2 heterocycles. The molecule has 3 N–H and O–H groups in total. The zero-order valence-electron chi connectivity index (χ0n) is 9.17. The SMILES string of the molecule is CN1CC(O)(O)CC1(O)Cc1cccnc1. The summed E-state index contributed by atoms with van der Waals surface area (Å²) in [5.74, 6) is -1.81. The number of likely N-dealkylation sites (N-methyl/N-ethyl adjacent to an activating group) is 1. The molecule has 1 aliphatic rings. The van der Waals surface area contributed by atoms with Gasteiger partial charge in [-0.1, -0.05) is 6.07 Å². The van der Waals surface area contributed by atoms with Gasteiger partial charge in [0.05, 0.1) is 6.54 Å². The Hall–Kier alpha value is -1.01. The van der Waals surface area contributed by atoms with E-state index >= 15 is 0 Å². The van der Waals surface area contributed by atoms with Crippen LogP contribution in [0.4, 0.5) is 0 Å². The number of β-amino-alcohol motifs (C(OH)–C–C–N with tert-alkyl or cyclic N) is 2. The van der Waals surface area contributed by atoms with E-state index in [1.807, 2.05) is 6.07 Å². The van der Waals surface area contributed by atoms with Crippen LogP contribution in [-0.4, -0.2) is 50.3 Å². The van der Waals surface area contributed by atoms with E-state index < -0.39 is 11.5 Å². The molecular formula is C11H16N2O3. The molecule has 16 heavy (non-hydrogen) atoms. The van der Waals surface area contributed by atoms with E-state index in [1.165, 1.54) is 0 Å². The number of rotatable bonds is 2. The van der Waals surface area contributed by atoms with Crippen LogP contribution in [0.2, 0.25) is 0 Å². The minimum absolute atomic E-state index is 0.0454. The van der Waals surface area contributed by atoms with Crippen LogP contribution >= 0.6 is 0 Å². The number of hydrogen-bond acceptors (Lipinski definition) is 5. The van der Waals surface area contributed by atoms with Crippen LogP contribution in [0.15, 0.2) is 24.5 Å². The molecule has 1 unspecified atom stereocenters. The smallest absolute Gasteiger partial charge is 0.179 e. The summed E-state index contributed by atoms with van der Waals surface area (Å²) < 4.78 is 0. The molecule has 1 aromatic rings. The molecule has 0 saturated carbocycles. The van der Waals surface area contributed by atoms with Crippen LogP contribution in [0.25, 0.3) is 0 Å². The third-order valence-corrected chi connectivity index (χ3v) is 2.98. The van der Waals surface area contributed by atoms with Crippen molar-refractivity contribution in [1.29, 1.82) is 0 Å². The number of likely N-dealkylation sites (tertiary alicyclic amines) is 1. The first-order valence-electron chi connectivity index (χ1n) is 5.19. The second-order valence-electron chi connectivity index (χ2n) is 4.54. The van der Waals surface area contributed by atoms with Crippen molar-refractivity contribution in [3.05, 3.63) is 30.1 Å². The highest BCUT2D eigenvalue weighted by Gasteiger charge is 2.49. The minimum Gasteiger partial charge on any atom is -0.375 e. The first-order chi connectivity index (χ1) is 7.41. The van der Waals surface area contributed by atoms with Gasteiger partial charge in [0.15, 0.2) is 5.79 Å². The van der Waals surface area contributed by atoms with Crippen molar-refractivity contribution in [1.82, 2.24) is 9.88 Å². The lowest BCUT2D eigenvalue weighted by Crippen LogP contribution is -2.43. The van der Waals surface area contributed by atoms with Crippen molar-refractivity contribution >= 4 is 0 Å². The van der Waals surface area contributed by atoms with Crippen LogP contribution in [0.1, 0.15) is 12.0 Å². The molecule has 0 spiro atoms. The third kappa shape index (κ3) is 2.22. The van der Waals surface area contributed by atoms with Crippen LogP contribution in [0.5, 0.6) is 0 Å². The zero-order chi connectivity index (χ0) is 11.8. The first kappa shape index (κ1) is 11.5. The maximum absolute atomic E-state index is 10.3. The van der Waals surface area contributed by atoms with E-state index in [0.717, 1.165) is 5.56 Å². The molecule has 88 valence electrons. The molecule has 1 saturated heterocycles. The molecule has 0 aromatic carbocycles. The molecule has 5 heteroatoms. The quantitative estimate of drug-likeness (QED) is 0.581. The Labute approximate surface area is 94.0 Å². The normalized spacial score (nSPS) is 29.5. The molecule has 5 nitrogen and oxygen atoms in total. The van der Waals surface area contributed by atoms with Gasteiger partial charge >= 0.3 is 0 Å². The molecule has 0 amide bonds. The second kappa shape index (κ2) is 3.78. The standard InChI is InChI=1S/C11H16N2O3/c1-13-8-11(15,16)7-10(13,14)5-9-3-2-4-12-6-9/h2-4,6,14-16H,5,7-8H2,1H3. The molecule has 1 atom stereocenters. The van der Waals surface area contributed by atoms with Gasteiger partial charge in [0.2, 0.25) is 0 Å². The van der Waals surface area contributed by atoms with E-state index in [1.54, 1.807) is 30.4 Å². The average Bonchev–Trinajstić information content (AvgIpc) is 2.36. The van der Waals surface area contributed by atoms with Crippen LogP contribution in [0.3, 0.4) is 0 Å². The van der Waals surface area contributed by atoms with Crippen molar-refractivity contribution in [3.8, 4) is 0 Å². The van der Waals surface area contributed by atoms with Gasteiger partial charge in [-0.05, 0) is 18.7 Å². The van der Waals surface area contributed by atoms with E-state index in [2.05, 4.69) is 4.98 Å². The summed E-state index contributed by atoms with van der Waals surface area (Å²) in [6.45, 7) is 0.0454. The lowest BCUT2D eigenvalue weighted by Gasteiger charge is -2.29. The molecule has 1 aromatic heterocycles. The molecular weight excluding hydrogens is 208 g/mol. The summed E-state index contributed by atoms with van der Waals surface area (Å²) >= 11 is 0. The Kier molecular flexibility index (Phi) is 2.71. The molecule has 0 bridgehead atoms. The molecule has 2 rings (SSSR count). The summed E-state index contributed by atoms with van der Waals surface area (Å²) in [4.78, 5) is 5.52. The lowest BCUT2D eigenvalue weighted by atomic mass is 10.00. The van der Waals surface area contributed by atoms with Crippen molar-refractivity contribution in [2.75, 3.05) is 13.6 Å². The third-order valence-electron chi connectivity index (χ3n) is 2.98. The van der Waals surface area contributed by atoms with E-state index in [9.17, 15) is 15.3 Å². The number of pyridine rings is 1. The highest BCUT2D eigenvalue weighted by atomic mass is 16.5. The number of hydrogen-bond donors (Lipinski definition) is 3. The Morgan fingerprint density at radius 3 is 2.69 bits per heavy atom. The fourth-order valence-corrected chi connectivity index (χ4v) is 2.20. The zero-order valence-corrected chi connectivity index (χ0v) is 9.17. The number of aliphatic hydroxyl groups is 3. The summed E-state index contributed by atoms with van der Waals surface area (Å²) in [5, 5.41) is 29.4. The summed E-state index contributed by atoms with van der Waals surface area (Å²) in [6, 6.07) is 3.65. The first-order valence-corrected chi connectivity index (χ1v) is 5.19. The minimum atomic E-state index is -1.81. The van der Waals surface area contributed by atoms with Crippen LogP contribution < -0.4 is 0 Å². The lowest BCUT2D eigenvalue weighted by molar-refractivity contribution is -0.156. The second-order valence-corrected chi connectivity index (χ2v) is 4.54. The summed E-state index contributed by atoms with van der Waals surface area (Å²) in [5.41, 5.74) is -0.346. The largest absolute Gasteiger partial charge is 0.375 e. The summed E-state index contributed by atoms with van der Waals surface area (Å²) in [7, 11) is 1.67. The Bertz CT molecular complexity index is 369. The topological polar surface area (TPSA) is 76.8 Å². The molecule has 1 fully saturated rings. The van der Waals surface area contributed by atoms with Gasteiger partial charge in [-0.25, -0.2) is 0 Å². The Morgan fingerprint density at radius 1 is 1.44 bits per heavy atom. The number of aromatic nitrogens is 1. The molecule has 1 aliphatic heterocycles. The van der Waals surface area contributed by atoms with Gasteiger partial charge in [0.25, 0.3) is 0 Å².